The third kappa shape index (κ3) is 4.25. The molecular weight excluding hydrogens is 238 g/mol. The molecule has 0 aliphatic heterocycles. The lowest BCUT2D eigenvalue weighted by Crippen LogP contribution is -2.43. The Labute approximate surface area is 94.1 Å². The second-order valence-electron chi connectivity index (χ2n) is 3.34. The molecule has 0 fully saturated rings. The molecule has 7 nitrogen and oxygen atoms in total. The summed E-state index contributed by atoms with van der Waals surface area (Å²) in [7, 11) is -4.54. The Morgan fingerprint density at radius 2 is 2.00 bits per heavy atom. The maximum Gasteiger partial charge on any atom is 0.277 e. The minimum absolute atomic E-state index is 0.0656. The lowest BCUT2D eigenvalue weighted by atomic mass is 10.3. The lowest BCUT2D eigenvalue weighted by molar-refractivity contribution is -0.196. The van der Waals surface area contributed by atoms with Gasteiger partial charge in [-0.25, -0.2) is 0 Å². The first-order valence-electron chi connectivity index (χ1n) is 4.65. The molecule has 1 atom stereocenters. The van der Waals surface area contributed by atoms with Crippen LogP contribution in [-0.2, 0) is 24.5 Å². The quantitative estimate of drug-likeness (QED) is 0.405. The van der Waals surface area contributed by atoms with Crippen molar-refractivity contribution in [3.63, 3.8) is 0 Å². The zero-order valence-corrected chi connectivity index (χ0v) is 10.1. The topological polar surface area (TPSA) is 101 Å². The average Bonchev–Trinajstić information content (AvgIpc) is 2.12. The highest BCUT2D eigenvalue weighted by Gasteiger charge is 2.34. The number of hydrogen-bond donors (Lipinski definition) is 1. The third-order valence-corrected chi connectivity index (χ3v) is 2.90. The van der Waals surface area contributed by atoms with Crippen LogP contribution in [0.5, 0.6) is 0 Å². The van der Waals surface area contributed by atoms with Crippen molar-refractivity contribution in [2.75, 3.05) is 0 Å². The van der Waals surface area contributed by atoms with E-state index >= 15 is 0 Å². The van der Waals surface area contributed by atoms with Gasteiger partial charge in [0.25, 0.3) is 16.0 Å². The molecule has 0 aromatic heterocycles. The number of hydroxylamine groups is 2. The molecule has 1 N–H and O–H groups in total. The van der Waals surface area contributed by atoms with Gasteiger partial charge in [-0.1, -0.05) is 6.92 Å². The highest BCUT2D eigenvalue weighted by atomic mass is 32.2. The zero-order valence-electron chi connectivity index (χ0n) is 9.28. The Morgan fingerprint density at radius 3 is 2.25 bits per heavy atom. The number of carbonyl (C=O) groups is 2. The summed E-state index contributed by atoms with van der Waals surface area (Å²) in [5.74, 6) is -1.10. The lowest BCUT2D eigenvalue weighted by Gasteiger charge is -2.20. The van der Waals surface area contributed by atoms with Crippen LogP contribution in [0.25, 0.3) is 0 Å². The largest absolute Gasteiger partial charge is 0.285 e. The van der Waals surface area contributed by atoms with Crippen LogP contribution in [0, 0.1) is 0 Å². The van der Waals surface area contributed by atoms with E-state index in [9.17, 15) is 18.0 Å². The summed E-state index contributed by atoms with van der Waals surface area (Å²) in [5.41, 5.74) is 0. The van der Waals surface area contributed by atoms with Crippen LogP contribution in [0.4, 0.5) is 0 Å². The molecular formula is C8H15NO6S. The van der Waals surface area contributed by atoms with E-state index in [4.69, 9.17) is 9.39 Å². The summed E-state index contributed by atoms with van der Waals surface area (Å²) in [4.78, 5) is 26.8. The zero-order chi connectivity index (χ0) is 12.9. The molecule has 0 rings (SSSR count). The Bertz CT molecular complexity index is 350. The molecule has 1 unspecified atom stereocenters. The van der Waals surface area contributed by atoms with Crippen molar-refractivity contribution < 1.29 is 27.4 Å². The van der Waals surface area contributed by atoms with Gasteiger partial charge in [-0.15, -0.1) is 0 Å². The van der Waals surface area contributed by atoms with Crippen LogP contribution in [0.15, 0.2) is 0 Å². The van der Waals surface area contributed by atoms with Crippen LogP contribution in [-0.4, -0.2) is 41.7 Å². The van der Waals surface area contributed by atoms with Crippen LogP contribution in [0.2, 0.25) is 0 Å². The number of rotatable bonds is 6. The summed E-state index contributed by atoms with van der Waals surface area (Å²) in [6.45, 7) is 4.53. The molecule has 0 bridgehead atoms. The number of nitrogens with zero attached hydrogens (tertiary/aromatic N) is 1. The molecule has 16 heavy (non-hydrogen) atoms. The van der Waals surface area contributed by atoms with Gasteiger partial charge >= 0.3 is 0 Å². The van der Waals surface area contributed by atoms with Gasteiger partial charge in [0.1, 0.15) is 0 Å². The predicted molar refractivity (Wildman–Crippen MR) is 54.8 cm³/mol. The first-order valence-corrected chi connectivity index (χ1v) is 6.15. The van der Waals surface area contributed by atoms with Crippen molar-refractivity contribution in [2.24, 2.45) is 0 Å². The predicted octanol–water partition coefficient (Wildman–Crippen LogP) is -0.0222. The van der Waals surface area contributed by atoms with E-state index in [1.165, 1.54) is 6.92 Å². The van der Waals surface area contributed by atoms with E-state index in [2.05, 4.69) is 0 Å². The van der Waals surface area contributed by atoms with E-state index in [1.807, 2.05) is 0 Å². The molecule has 0 aliphatic carbocycles. The fourth-order valence-corrected chi connectivity index (χ4v) is 1.79. The minimum atomic E-state index is -4.54. The molecule has 0 aliphatic rings. The van der Waals surface area contributed by atoms with Gasteiger partial charge < -0.3 is 0 Å². The molecule has 0 aromatic rings. The van der Waals surface area contributed by atoms with Gasteiger partial charge in [0.2, 0.25) is 6.41 Å². The van der Waals surface area contributed by atoms with Crippen molar-refractivity contribution in [3.8, 4) is 0 Å². The molecule has 0 saturated heterocycles. The molecule has 0 aromatic carbocycles. The summed E-state index contributed by atoms with van der Waals surface area (Å²) in [6.07, 6.45) is -0.548. The average molecular weight is 253 g/mol. The molecule has 94 valence electrons. The van der Waals surface area contributed by atoms with Crippen molar-refractivity contribution in [2.45, 2.75) is 38.5 Å². The Hall–Kier alpha value is -0.990. The SMILES string of the molecule is CCC(C(=O)N(C=O)OC(C)C)S(=O)(=O)O. The van der Waals surface area contributed by atoms with E-state index in [0.717, 1.165) is 0 Å². The standard InChI is InChI=1S/C8H15NO6S/c1-4-7(16(12,13)14)8(11)9(5-10)15-6(2)3/h5-7H,4H2,1-3H3,(H,12,13,14). The van der Waals surface area contributed by atoms with Crippen molar-refractivity contribution in [1.82, 2.24) is 5.06 Å². The summed E-state index contributed by atoms with van der Waals surface area (Å²) >= 11 is 0. The number of imide groups is 1. The Balaban J connectivity index is 4.92. The van der Waals surface area contributed by atoms with Gasteiger partial charge in [0.15, 0.2) is 5.25 Å². The second kappa shape index (κ2) is 5.92. The van der Waals surface area contributed by atoms with Crippen LogP contribution < -0.4 is 0 Å². The first kappa shape index (κ1) is 15.0. The van der Waals surface area contributed by atoms with Crippen molar-refractivity contribution in [1.29, 1.82) is 0 Å². The first-order chi connectivity index (χ1) is 7.23. The van der Waals surface area contributed by atoms with Gasteiger partial charge in [0, 0.05) is 0 Å². The van der Waals surface area contributed by atoms with Gasteiger partial charge in [-0.05, 0) is 20.3 Å². The number of carbonyl (C=O) groups excluding carboxylic acids is 2. The highest BCUT2D eigenvalue weighted by molar-refractivity contribution is 7.87. The molecule has 0 radical (unpaired) electrons. The summed E-state index contributed by atoms with van der Waals surface area (Å²) < 4.78 is 30.5. The van der Waals surface area contributed by atoms with E-state index in [0.29, 0.717) is 0 Å². The van der Waals surface area contributed by atoms with Crippen molar-refractivity contribution >= 4 is 22.4 Å². The fourth-order valence-electron chi connectivity index (χ4n) is 1.01. The van der Waals surface area contributed by atoms with Crippen LogP contribution >= 0.6 is 0 Å². The third-order valence-electron chi connectivity index (χ3n) is 1.64. The van der Waals surface area contributed by atoms with E-state index in [-0.39, 0.29) is 17.9 Å². The van der Waals surface area contributed by atoms with Crippen molar-refractivity contribution in [3.05, 3.63) is 0 Å². The maximum absolute atomic E-state index is 11.5. The fraction of sp³-hybridized carbons (Fsp3) is 0.750. The molecule has 2 amide bonds. The van der Waals surface area contributed by atoms with Gasteiger partial charge in [0.05, 0.1) is 6.10 Å². The number of hydrogen-bond acceptors (Lipinski definition) is 5. The summed E-state index contributed by atoms with van der Waals surface area (Å²) in [6, 6.07) is 0. The summed E-state index contributed by atoms with van der Waals surface area (Å²) in [5, 5.41) is -1.40. The Morgan fingerprint density at radius 1 is 1.50 bits per heavy atom. The van der Waals surface area contributed by atoms with Gasteiger partial charge in [-0.2, -0.15) is 13.5 Å². The van der Waals surface area contributed by atoms with Crippen LogP contribution in [0.3, 0.4) is 0 Å². The minimum Gasteiger partial charge on any atom is -0.285 e. The monoisotopic (exact) mass is 253 g/mol. The smallest absolute Gasteiger partial charge is 0.277 e. The maximum atomic E-state index is 11.5. The second-order valence-corrected chi connectivity index (χ2v) is 4.93. The molecule has 8 heteroatoms. The van der Waals surface area contributed by atoms with Crippen LogP contribution in [0.1, 0.15) is 27.2 Å². The Kier molecular flexibility index (Phi) is 5.56. The van der Waals surface area contributed by atoms with E-state index < -0.39 is 27.4 Å². The molecule has 0 saturated carbocycles. The normalized spacial score (nSPS) is 13.6. The van der Waals surface area contributed by atoms with Gasteiger partial charge in [-0.3, -0.25) is 19.0 Å². The molecule has 0 heterocycles. The number of amides is 2. The highest BCUT2D eigenvalue weighted by Crippen LogP contribution is 2.09. The van der Waals surface area contributed by atoms with E-state index in [1.54, 1.807) is 13.8 Å². The molecule has 0 spiro atoms.